The van der Waals surface area contributed by atoms with Crippen LogP contribution in [0.2, 0.25) is 0 Å². The molecule has 1 atom stereocenters. The van der Waals surface area contributed by atoms with E-state index in [4.69, 9.17) is 9.84 Å². The third-order valence-corrected chi connectivity index (χ3v) is 6.94. The zero-order chi connectivity index (χ0) is 24.4. The van der Waals surface area contributed by atoms with Crippen molar-refractivity contribution in [3.63, 3.8) is 0 Å². The Morgan fingerprint density at radius 1 is 1.24 bits per heavy atom. The minimum absolute atomic E-state index is 0.230. The molecule has 0 saturated heterocycles. The van der Waals surface area contributed by atoms with Gasteiger partial charge in [-0.1, -0.05) is 57.9 Å². The lowest BCUT2D eigenvalue weighted by Crippen LogP contribution is -2.58. The lowest BCUT2D eigenvalue weighted by atomic mass is 10.0. The minimum atomic E-state index is -0.798. The van der Waals surface area contributed by atoms with Gasteiger partial charge in [-0.15, -0.1) is 0 Å². The molecule has 8 nitrogen and oxygen atoms in total. The van der Waals surface area contributed by atoms with E-state index in [0.717, 1.165) is 18.6 Å². The SMILES string of the molecule is CCCCSc1nc([O-])c2[n+](n1)C(c1cc(OC(C)=O)ccc1Br)N(C(C)=O)c1ccccc1-2. The molecule has 0 saturated carbocycles. The molecule has 1 aliphatic rings. The van der Waals surface area contributed by atoms with Crippen LogP contribution in [0, 0.1) is 0 Å². The molecule has 0 radical (unpaired) electrons. The zero-order valence-corrected chi connectivity index (χ0v) is 21.4. The molecular weight excluding hydrogens is 520 g/mol. The molecule has 0 spiro atoms. The average molecular weight is 543 g/mol. The Hall–Kier alpha value is -2.98. The molecule has 1 aromatic heterocycles. The van der Waals surface area contributed by atoms with Crippen molar-refractivity contribution >= 4 is 45.3 Å². The highest BCUT2D eigenvalue weighted by Gasteiger charge is 2.44. The smallest absolute Gasteiger partial charge is 0.308 e. The van der Waals surface area contributed by atoms with Crippen LogP contribution < -0.4 is 19.4 Å². The largest absolute Gasteiger partial charge is 0.854 e. The fourth-order valence-corrected chi connectivity index (χ4v) is 5.23. The molecule has 0 bridgehead atoms. The first-order chi connectivity index (χ1) is 16.3. The Bertz CT molecular complexity index is 1270. The number of esters is 1. The Morgan fingerprint density at radius 2 is 2.00 bits per heavy atom. The average Bonchev–Trinajstić information content (AvgIpc) is 2.79. The van der Waals surface area contributed by atoms with Crippen molar-refractivity contribution in [2.75, 3.05) is 10.7 Å². The number of para-hydroxylation sites is 1. The second-order valence-corrected chi connectivity index (χ2v) is 9.67. The number of carbonyl (C=O) groups is 2. The Balaban J connectivity index is 1.98. The predicted octanol–water partition coefficient (Wildman–Crippen LogP) is 4.00. The third-order valence-electron chi connectivity index (χ3n) is 5.29. The number of hydrogen-bond donors (Lipinski definition) is 0. The molecule has 0 aliphatic carbocycles. The maximum Gasteiger partial charge on any atom is 0.308 e. The quantitative estimate of drug-likeness (QED) is 0.152. The minimum Gasteiger partial charge on any atom is -0.854 e. The molecule has 3 aromatic rings. The summed E-state index contributed by atoms with van der Waals surface area (Å²) in [6.45, 7) is 4.88. The molecule has 1 aliphatic heterocycles. The molecule has 0 N–H and O–H groups in total. The van der Waals surface area contributed by atoms with Crippen LogP contribution in [0.5, 0.6) is 11.6 Å². The highest BCUT2D eigenvalue weighted by Crippen LogP contribution is 2.42. The first-order valence-electron chi connectivity index (χ1n) is 10.8. The van der Waals surface area contributed by atoms with Gasteiger partial charge in [0.05, 0.1) is 22.7 Å². The third kappa shape index (κ3) is 4.65. The van der Waals surface area contributed by atoms with Crippen LogP contribution in [0.15, 0.2) is 52.1 Å². The molecule has 0 fully saturated rings. The number of aromatic nitrogens is 3. The van der Waals surface area contributed by atoms with Gasteiger partial charge >= 0.3 is 5.97 Å². The van der Waals surface area contributed by atoms with Crippen LogP contribution in [-0.2, 0) is 9.59 Å². The number of halogens is 1. The van der Waals surface area contributed by atoms with Crippen molar-refractivity contribution in [2.45, 2.75) is 44.9 Å². The van der Waals surface area contributed by atoms with Crippen molar-refractivity contribution in [3.8, 4) is 22.9 Å². The highest BCUT2D eigenvalue weighted by molar-refractivity contribution is 9.10. The summed E-state index contributed by atoms with van der Waals surface area (Å²) in [6, 6.07) is 12.3. The summed E-state index contributed by atoms with van der Waals surface area (Å²) in [7, 11) is 0. The van der Waals surface area contributed by atoms with Gasteiger partial charge in [-0.3, -0.25) is 9.59 Å². The number of rotatable bonds is 6. The highest BCUT2D eigenvalue weighted by atomic mass is 79.9. The van der Waals surface area contributed by atoms with Crippen LogP contribution in [0.25, 0.3) is 11.3 Å². The summed E-state index contributed by atoms with van der Waals surface area (Å²) < 4.78 is 7.53. The van der Waals surface area contributed by atoms with Crippen LogP contribution in [0.3, 0.4) is 0 Å². The van der Waals surface area contributed by atoms with Gasteiger partial charge in [0.1, 0.15) is 5.75 Å². The Morgan fingerprint density at radius 3 is 2.71 bits per heavy atom. The number of benzene rings is 2. The topological polar surface area (TPSA) is 99.3 Å². The van der Waals surface area contributed by atoms with E-state index in [-0.39, 0.29) is 5.91 Å². The van der Waals surface area contributed by atoms with Crippen molar-refractivity contribution in [3.05, 3.63) is 52.5 Å². The van der Waals surface area contributed by atoms with E-state index >= 15 is 0 Å². The predicted molar refractivity (Wildman–Crippen MR) is 129 cm³/mol. The number of fused-ring (bicyclic) bond motifs is 3. The Labute approximate surface area is 210 Å². The number of unbranched alkanes of at least 4 members (excludes halogenated alkanes) is 1. The van der Waals surface area contributed by atoms with E-state index in [9.17, 15) is 14.7 Å². The summed E-state index contributed by atoms with van der Waals surface area (Å²) in [5.41, 5.74) is 2.06. The van der Waals surface area contributed by atoms with Crippen LogP contribution in [0.4, 0.5) is 5.69 Å². The fraction of sp³-hybridized carbons (Fsp3) is 0.292. The van der Waals surface area contributed by atoms with Crippen molar-refractivity contribution in [2.24, 2.45) is 0 Å². The molecule has 4 rings (SSSR count). The van der Waals surface area contributed by atoms with Crippen molar-refractivity contribution in [1.82, 2.24) is 10.1 Å². The van der Waals surface area contributed by atoms with Gasteiger partial charge in [-0.05, 0) is 36.8 Å². The summed E-state index contributed by atoms with van der Waals surface area (Å²) >= 11 is 4.98. The standard InChI is InChI=1S/C24H23BrN4O4S/c1-4-5-12-34-24-26-22(32)21-17-8-6-7-9-20(17)28(14(2)30)23(29(21)27-24)18-13-16(33-15(3)31)10-11-19(18)25/h6-11,13,23H,4-5,12H2,1-3H3. The Kier molecular flexibility index (Phi) is 7.18. The van der Waals surface area contributed by atoms with Gasteiger partial charge in [-0.25, -0.2) is 9.88 Å². The summed E-state index contributed by atoms with van der Waals surface area (Å²) in [5.74, 6) is -0.00581. The van der Waals surface area contributed by atoms with Crippen molar-refractivity contribution in [1.29, 1.82) is 0 Å². The number of carbonyl (C=O) groups excluding carboxylic acids is 2. The van der Waals surface area contributed by atoms with Gasteiger partial charge in [0.15, 0.2) is 0 Å². The molecule has 34 heavy (non-hydrogen) atoms. The number of ether oxygens (including phenoxy) is 1. The molecule has 10 heteroatoms. The van der Waals surface area contributed by atoms with Gasteiger partial charge in [0.25, 0.3) is 17.0 Å². The molecule has 2 aromatic carbocycles. The van der Waals surface area contributed by atoms with E-state index < -0.39 is 18.0 Å². The summed E-state index contributed by atoms with van der Waals surface area (Å²) in [4.78, 5) is 30.4. The zero-order valence-electron chi connectivity index (χ0n) is 18.9. The van der Waals surface area contributed by atoms with Crippen LogP contribution in [-0.4, -0.2) is 27.7 Å². The number of hydrogen-bond acceptors (Lipinski definition) is 7. The van der Waals surface area contributed by atoms with E-state index in [1.165, 1.54) is 25.6 Å². The number of amides is 1. The van der Waals surface area contributed by atoms with Gasteiger partial charge < -0.3 is 9.84 Å². The molecule has 176 valence electrons. The maximum atomic E-state index is 13.3. The van der Waals surface area contributed by atoms with Crippen LogP contribution >= 0.6 is 27.7 Å². The van der Waals surface area contributed by atoms with Gasteiger partial charge in [0, 0.05) is 29.2 Å². The second-order valence-electron chi connectivity index (χ2n) is 7.75. The number of thioether (sulfide) groups is 1. The number of anilines is 1. The normalized spacial score (nSPS) is 14.4. The molecule has 1 amide bonds. The van der Waals surface area contributed by atoms with Gasteiger partial charge in [0.2, 0.25) is 5.91 Å². The summed E-state index contributed by atoms with van der Waals surface area (Å²) in [5, 5.41) is 18.3. The van der Waals surface area contributed by atoms with Crippen LogP contribution in [0.1, 0.15) is 45.3 Å². The molecule has 2 heterocycles. The lowest BCUT2D eigenvalue weighted by molar-refractivity contribution is -0.764. The molecular formula is C24H23BrN4O4S. The monoisotopic (exact) mass is 542 g/mol. The van der Waals surface area contributed by atoms with E-state index in [1.54, 1.807) is 39.9 Å². The first-order valence-corrected chi connectivity index (χ1v) is 12.6. The van der Waals surface area contributed by atoms with E-state index in [2.05, 4.69) is 27.8 Å². The van der Waals surface area contributed by atoms with E-state index in [0.29, 0.717) is 37.9 Å². The first kappa shape index (κ1) is 24.2. The van der Waals surface area contributed by atoms with Gasteiger partial charge in [-0.2, -0.15) is 0 Å². The maximum absolute atomic E-state index is 13.3. The lowest BCUT2D eigenvalue weighted by Gasteiger charge is -2.33. The van der Waals surface area contributed by atoms with Crippen molar-refractivity contribution < 1.29 is 24.1 Å². The molecule has 1 unspecified atom stereocenters. The second kappa shape index (κ2) is 10.1. The van der Waals surface area contributed by atoms with E-state index in [1.807, 2.05) is 12.1 Å². The fourth-order valence-electron chi connectivity index (χ4n) is 3.87. The number of nitrogens with zero attached hydrogens (tertiary/aromatic N) is 4. The summed E-state index contributed by atoms with van der Waals surface area (Å²) in [6.07, 6.45) is 1.18.